The van der Waals surface area contributed by atoms with E-state index in [1.165, 1.54) is 11.1 Å². The van der Waals surface area contributed by atoms with E-state index in [9.17, 15) is 4.79 Å². The molecule has 38 heavy (non-hydrogen) atoms. The molecule has 3 aliphatic rings. The Bertz CT molecular complexity index is 1340. The lowest BCUT2D eigenvalue weighted by Gasteiger charge is -2.39. The van der Waals surface area contributed by atoms with Crippen LogP contribution in [0.1, 0.15) is 39.8 Å². The number of aryl methyl sites for hydroxylation is 1. The molecule has 1 aliphatic carbocycles. The minimum absolute atomic E-state index is 0.0788. The van der Waals surface area contributed by atoms with Gasteiger partial charge in [-0.1, -0.05) is 29.8 Å². The third-order valence-corrected chi connectivity index (χ3v) is 7.88. The SMILES string of the molecule is COc1cc([C@@H]2c3cc4c(cc3[C@@H](NCc3ccc(C)cc3)[C@H]3COC(=O)[C@H]23)OCO4)cc(OC)c1OC. The average molecular weight is 518 g/mol. The van der Waals surface area contributed by atoms with Gasteiger partial charge < -0.3 is 33.7 Å². The van der Waals surface area contributed by atoms with E-state index in [2.05, 4.69) is 42.6 Å². The molecule has 3 aromatic rings. The second-order valence-corrected chi connectivity index (χ2v) is 9.93. The highest BCUT2D eigenvalue weighted by Gasteiger charge is 2.52. The monoisotopic (exact) mass is 517 g/mol. The topological polar surface area (TPSA) is 84.5 Å². The van der Waals surface area contributed by atoms with E-state index in [4.69, 9.17) is 28.4 Å². The fourth-order valence-electron chi connectivity index (χ4n) is 6.04. The summed E-state index contributed by atoms with van der Waals surface area (Å²) < 4.78 is 34.1. The van der Waals surface area contributed by atoms with Gasteiger partial charge in [0.05, 0.1) is 33.9 Å². The quantitative estimate of drug-likeness (QED) is 0.458. The molecule has 0 unspecified atom stereocenters. The lowest BCUT2D eigenvalue weighted by Crippen LogP contribution is -2.40. The normalized spacial score (nSPS) is 22.9. The van der Waals surface area contributed by atoms with E-state index >= 15 is 0 Å². The number of fused-ring (bicyclic) bond motifs is 3. The summed E-state index contributed by atoms with van der Waals surface area (Å²) in [6.45, 7) is 3.24. The van der Waals surface area contributed by atoms with Crippen LogP contribution in [0.4, 0.5) is 0 Å². The smallest absolute Gasteiger partial charge is 0.310 e. The molecule has 0 bridgehead atoms. The molecule has 0 aromatic heterocycles. The van der Waals surface area contributed by atoms with E-state index in [-0.39, 0.29) is 30.6 Å². The van der Waals surface area contributed by atoms with Gasteiger partial charge >= 0.3 is 5.97 Å². The third-order valence-electron chi connectivity index (χ3n) is 7.88. The fourth-order valence-corrected chi connectivity index (χ4v) is 6.04. The number of benzene rings is 3. The number of ether oxygens (including phenoxy) is 6. The first-order valence-corrected chi connectivity index (χ1v) is 12.7. The molecule has 0 saturated carbocycles. The van der Waals surface area contributed by atoms with Crippen LogP contribution in [0.25, 0.3) is 0 Å². The van der Waals surface area contributed by atoms with Crippen molar-refractivity contribution in [3.05, 3.63) is 76.3 Å². The maximum Gasteiger partial charge on any atom is 0.310 e. The first-order valence-electron chi connectivity index (χ1n) is 12.7. The second kappa shape index (κ2) is 9.76. The van der Waals surface area contributed by atoms with Crippen LogP contribution in [-0.4, -0.2) is 40.7 Å². The van der Waals surface area contributed by atoms with E-state index in [1.54, 1.807) is 21.3 Å². The van der Waals surface area contributed by atoms with Crippen LogP contribution in [0.15, 0.2) is 48.5 Å². The van der Waals surface area contributed by atoms with Gasteiger partial charge in [0.15, 0.2) is 23.0 Å². The van der Waals surface area contributed by atoms with Crippen LogP contribution in [-0.2, 0) is 16.1 Å². The van der Waals surface area contributed by atoms with Crippen molar-refractivity contribution in [3.8, 4) is 28.7 Å². The van der Waals surface area contributed by atoms with Gasteiger partial charge in [-0.2, -0.15) is 0 Å². The lowest BCUT2D eigenvalue weighted by atomic mass is 9.65. The number of cyclic esters (lactones) is 1. The van der Waals surface area contributed by atoms with Gasteiger partial charge in [-0.25, -0.2) is 0 Å². The molecule has 8 nitrogen and oxygen atoms in total. The van der Waals surface area contributed by atoms with Gasteiger partial charge in [0, 0.05) is 24.4 Å². The Morgan fingerprint density at radius 1 is 0.868 bits per heavy atom. The number of carbonyl (C=O) groups is 1. The first kappa shape index (κ1) is 24.4. The summed E-state index contributed by atoms with van der Waals surface area (Å²) in [5.41, 5.74) is 5.33. The maximum absolute atomic E-state index is 13.3. The number of rotatable bonds is 7. The van der Waals surface area contributed by atoms with Crippen molar-refractivity contribution in [2.24, 2.45) is 11.8 Å². The predicted molar refractivity (Wildman–Crippen MR) is 139 cm³/mol. The minimum atomic E-state index is -0.402. The zero-order valence-corrected chi connectivity index (χ0v) is 21.9. The number of esters is 1. The number of hydrogen-bond acceptors (Lipinski definition) is 8. The molecule has 1 fully saturated rings. The second-order valence-electron chi connectivity index (χ2n) is 9.93. The number of hydrogen-bond donors (Lipinski definition) is 1. The summed E-state index contributed by atoms with van der Waals surface area (Å²) in [6, 6.07) is 16.2. The largest absolute Gasteiger partial charge is 0.493 e. The summed E-state index contributed by atoms with van der Waals surface area (Å²) in [4.78, 5) is 13.3. The zero-order chi connectivity index (χ0) is 26.4. The summed E-state index contributed by atoms with van der Waals surface area (Å²) >= 11 is 0. The fraction of sp³-hybridized carbons (Fsp3) is 0.367. The molecule has 4 atom stereocenters. The van der Waals surface area contributed by atoms with E-state index in [0.29, 0.717) is 41.9 Å². The summed E-state index contributed by atoms with van der Waals surface area (Å²) in [5.74, 6) is 1.96. The Kier molecular flexibility index (Phi) is 6.27. The van der Waals surface area contributed by atoms with Gasteiger partial charge in [-0.05, 0) is 53.4 Å². The highest BCUT2D eigenvalue weighted by atomic mass is 16.7. The lowest BCUT2D eigenvalue weighted by molar-refractivity contribution is -0.141. The molecule has 3 aromatic carbocycles. The Balaban J connectivity index is 1.49. The van der Waals surface area contributed by atoms with Crippen LogP contribution in [0.2, 0.25) is 0 Å². The van der Waals surface area contributed by atoms with Crippen LogP contribution in [0.5, 0.6) is 28.7 Å². The zero-order valence-electron chi connectivity index (χ0n) is 21.9. The maximum atomic E-state index is 13.3. The predicted octanol–water partition coefficient (Wildman–Crippen LogP) is 4.52. The van der Waals surface area contributed by atoms with Crippen LogP contribution >= 0.6 is 0 Å². The number of methoxy groups -OCH3 is 3. The van der Waals surface area contributed by atoms with Crippen molar-refractivity contribution < 1.29 is 33.2 Å². The molecular weight excluding hydrogens is 486 g/mol. The molecule has 0 amide bonds. The third kappa shape index (κ3) is 4.00. The van der Waals surface area contributed by atoms with Crippen LogP contribution < -0.4 is 29.0 Å². The van der Waals surface area contributed by atoms with Crippen molar-refractivity contribution in [2.75, 3.05) is 34.7 Å². The highest BCUT2D eigenvalue weighted by Crippen LogP contribution is 2.55. The van der Waals surface area contributed by atoms with E-state index < -0.39 is 5.92 Å². The van der Waals surface area contributed by atoms with Gasteiger partial charge in [0.1, 0.15) is 0 Å². The van der Waals surface area contributed by atoms with Crippen LogP contribution in [0, 0.1) is 18.8 Å². The van der Waals surface area contributed by atoms with Gasteiger partial charge in [-0.3, -0.25) is 4.79 Å². The Hall–Kier alpha value is -3.91. The Morgan fingerprint density at radius 2 is 1.53 bits per heavy atom. The Labute approximate surface area is 221 Å². The van der Waals surface area contributed by atoms with Crippen molar-refractivity contribution in [1.29, 1.82) is 0 Å². The first-order chi connectivity index (χ1) is 18.5. The molecule has 198 valence electrons. The molecule has 2 aliphatic heterocycles. The van der Waals surface area contributed by atoms with E-state index in [0.717, 1.165) is 16.7 Å². The van der Waals surface area contributed by atoms with Gasteiger partial charge in [0.25, 0.3) is 0 Å². The van der Waals surface area contributed by atoms with Crippen LogP contribution in [0.3, 0.4) is 0 Å². The number of carbonyl (C=O) groups excluding carboxylic acids is 1. The van der Waals surface area contributed by atoms with Crippen molar-refractivity contribution >= 4 is 5.97 Å². The Morgan fingerprint density at radius 3 is 2.16 bits per heavy atom. The molecule has 8 heteroatoms. The molecule has 2 heterocycles. The molecule has 6 rings (SSSR count). The molecule has 0 spiro atoms. The standard InChI is InChI=1S/C30H31NO7/c1-16-5-7-17(8-6-16)13-31-28-20-12-23-22(37-15-38-23)11-19(20)26(27-21(28)14-36-30(27)32)18-9-24(33-2)29(35-4)25(10-18)34-3/h5-12,21,26-28,31H,13-15H2,1-4H3/t21-,26+,27-,28+/m0/s1. The summed E-state index contributed by atoms with van der Waals surface area (Å²) in [6.07, 6.45) is 0. The van der Waals surface area contributed by atoms with Crippen molar-refractivity contribution in [1.82, 2.24) is 5.32 Å². The van der Waals surface area contributed by atoms with Gasteiger partial charge in [-0.15, -0.1) is 0 Å². The molecule has 1 saturated heterocycles. The van der Waals surface area contributed by atoms with Crippen molar-refractivity contribution in [2.45, 2.75) is 25.4 Å². The highest BCUT2D eigenvalue weighted by molar-refractivity contribution is 5.79. The van der Waals surface area contributed by atoms with Gasteiger partial charge in [0.2, 0.25) is 12.5 Å². The summed E-state index contributed by atoms with van der Waals surface area (Å²) in [5, 5.41) is 3.73. The van der Waals surface area contributed by atoms with E-state index in [1.807, 2.05) is 18.2 Å². The summed E-state index contributed by atoms with van der Waals surface area (Å²) in [7, 11) is 4.75. The average Bonchev–Trinajstić information content (AvgIpc) is 3.56. The molecular formula is C30H31NO7. The molecule has 0 radical (unpaired) electrons. The molecule has 1 N–H and O–H groups in total. The minimum Gasteiger partial charge on any atom is -0.493 e. The van der Waals surface area contributed by atoms with Crippen molar-refractivity contribution in [3.63, 3.8) is 0 Å². The number of nitrogens with one attached hydrogen (secondary N) is 1.